The number of hydrogen-bond acceptors (Lipinski definition) is 4. The average molecular weight is 294 g/mol. The number of carbonyl (C=O) groups is 2. The number of piperidine rings is 1. The second kappa shape index (κ2) is 6.28. The molecule has 1 fully saturated rings. The van der Waals surface area contributed by atoms with E-state index in [1.807, 2.05) is 13.8 Å². The molecule has 0 aromatic carbocycles. The van der Waals surface area contributed by atoms with Crippen LogP contribution in [0.25, 0.3) is 0 Å². The number of carbonyl (C=O) groups excluding carboxylic acids is 1. The molecule has 1 unspecified atom stereocenters. The molecule has 1 aliphatic rings. The molecular weight excluding hydrogens is 272 g/mol. The fraction of sp³-hybridized carbons (Fsp3) is 0.667. The lowest BCUT2D eigenvalue weighted by Gasteiger charge is -2.35. The highest BCUT2D eigenvalue weighted by Crippen LogP contribution is 2.27. The van der Waals surface area contributed by atoms with Crippen molar-refractivity contribution in [2.45, 2.75) is 58.4 Å². The maximum atomic E-state index is 12.8. The van der Waals surface area contributed by atoms with Crippen molar-refractivity contribution in [3.8, 4) is 0 Å². The third kappa shape index (κ3) is 3.25. The topological polar surface area (TPSA) is 83.6 Å². The summed E-state index contributed by atoms with van der Waals surface area (Å²) in [6, 6.07) is -0.238. The first-order valence-corrected chi connectivity index (χ1v) is 7.40. The standard InChI is InChI=1S/C15H22N2O4/c1-9(2)14-13(10(3)16-21-14)15(20)17-7-5-4-6-11(17)8-12(18)19/h9,11H,4-8H2,1-3H3,(H,18,19). The van der Waals surface area contributed by atoms with Crippen LogP contribution >= 0.6 is 0 Å². The molecule has 0 radical (unpaired) electrons. The number of amides is 1. The number of likely N-dealkylation sites (tertiary alicyclic amines) is 1. The van der Waals surface area contributed by atoms with E-state index in [1.165, 1.54) is 0 Å². The van der Waals surface area contributed by atoms with Crippen LogP contribution in [0.5, 0.6) is 0 Å². The van der Waals surface area contributed by atoms with Crippen LogP contribution in [0.4, 0.5) is 0 Å². The number of aryl methyl sites for hydroxylation is 1. The van der Waals surface area contributed by atoms with Crippen molar-refractivity contribution in [1.29, 1.82) is 0 Å². The predicted octanol–water partition coefficient (Wildman–Crippen LogP) is 2.58. The second-order valence-corrected chi connectivity index (χ2v) is 5.91. The number of rotatable bonds is 4. The monoisotopic (exact) mass is 294 g/mol. The largest absolute Gasteiger partial charge is 0.481 e. The van der Waals surface area contributed by atoms with Crippen LogP contribution < -0.4 is 0 Å². The molecule has 1 aromatic heterocycles. The Balaban J connectivity index is 2.29. The summed E-state index contributed by atoms with van der Waals surface area (Å²) in [6.45, 7) is 6.24. The smallest absolute Gasteiger partial charge is 0.305 e. The molecule has 21 heavy (non-hydrogen) atoms. The van der Waals surface area contributed by atoms with Crippen LogP contribution in [0, 0.1) is 6.92 Å². The normalized spacial score (nSPS) is 19.0. The molecule has 0 saturated carbocycles. The van der Waals surface area contributed by atoms with Gasteiger partial charge in [-0.3, -0.25) is 9.59 Å². The first kappa shape index (κ1) is 15.5. The number of carboxylic acids is 1. The molecule has 0 spiro atoms. The summed E-state index contributed by atoms with van der Waals surface area (Å²) in [7, 11) is 0. The van der Waals surface area contributed by atoms with E-state index in [4.69, 9.17) is 9.63 Å². The van der Waals surface area contributed by atoms with Crippen LogP contribution in [0.2, 0.25) is 0 Å². The van der Waals surface area contributed by atoms with E-state index < -0.39 is 5.97 Å². The highest BCUT2D eigenvalue weighted by Gasteiger charge is 2.33. The summed E-state index contributed by atoms with van der Waals surface area (Å²) in [6.07, 6.45) is 2.59. The molecule has 2 heterocycles. The van der Waals surface area contributed by atoms with Gasteiger partial charge in [-0.25, -0.2) is 0 Å². The average Bonchev–Trinajstić information content (AvgIpc) is 2.80. The highest BCUT2D eigenvalue weighted by atomic mass is 16.5. The van der Waals surface area contributed by atoms with Crippen molar-refractivity contribution in [3.05, 3.63) is 17.0 Å². The Labute approximate surface area is 124 Å². The highest BCUT2D eigenvalue weighted by molar-refractivity contribution is 5.96. The van der Waals surface area contributed by atoms with Crippen LogP contribution in [0.3, 0.4) is 0 Å². The zero-order valence-corrected chi connectivity index (χ0v) is 12.8. The van der Waals surface area contributed by atoms with E-state index in [-0.39, 0.29) is 24.3 Å². The van der Waals surface area contributed by atoms with E-state index in [9.17, 15) is 9.59 Å². The molecule has 1 saturated heterocycles. The van der Waals surface area contributed by atoms with Gasteiger partial charge < -0.3 is 14.5 Å². The minimum Gasteiger partial charge on any atom is -0.481 e. The quantitative estimate of drug-likeness (QED) is 0.922. The molecule has 6 heteroatoms. The summed E-state index contributed by atoms with van der Waals surface area (Å²) in [5.74, 6) is -0.376. The Kier molecular flexibility index (Phi) is 4.65. The van der Waals surface area contributed by atoms with Crippen molar-refractivity contribution in [2.75, 3.05) is 6.54 Å². The fourth-order valence-electron chi connectivity index (χ4n) is 2.87. The number of carboxylic acid groups (broad SMARTS) is 1. The molecule has 0 aliphatic carbocycles. The Hall–Kier alpha value is -1.85. The summed E-state index contributed by atoms with van der Waals surface area (Å²) >= 11 is 0. The Morgan fingerprint density at radius 2 is 2.14 bits per heavy atom. The van der Waals surface area contributed by atoms with Crippen molar-refractivity contribution in [2.24, 2.45) is 0 Å². The minimum atomic E-state index is -0.870. The lowest BCUT2D eigenvalue weighted by molar-refractivity contribution is -0.138. The maximum absolute atomic E-state index is 12.8. The van der Waals surface area contributed by atoms with E-state index >= 15 is 0 Å². The molecule has 116 valence electrons. The number of aliphatic carboxylic acids is 1. The van der Waals surface area contributed by atoms with Gasteiger partial charge in [-0.15, -0.1) is 0 Å². The van der Waals surface area contributed by atoms with Crippen LogP contribution in [0.15, 0.2) is 4.52 Å². The summed E-state index contributed by atoms with van der Waals surface area (Å²) in [4.78, 5) is 25.5. The van der Waals surface area contributed by atoms with Crippen molar-refractivity contribution >= 4 is 11.9 Å². The van der Waals surface area contributed by atoms with Gasteiger partial charge >= 0.3 is 5.97 Å². The summed E-state index contributed by atoms with van der Waals surface area (Å²) in [5, 5.41) is 12.9. The third-order valence-corrected chi connectivity index (χ3v) is 3.93. The van der Waals surface area contributed by atoms with Crippen molar-refractivity contribution in [3.63, 3.8) is 0 Å². The Bertz CT molecular complexity index is 536. The SMILES string of the molecule is Cc1noc(C(C)C)c1C(=O)N1CCCCC1CC(=O)O. The van der Waals surface area contributed by atoms with Crippen LogP contribution in [0.1, 0.15) is 67.3 Å². The predicted molar refractivity (Wildman–Crippen MR) is 76.3 cm³/mol. The molecule has 6 nitrogen and oxygen atoms in total. The molecule has 1 aromatic rings. The molecule has 2 rings (SSSR count). The number of aromatic nitrogens is 1. The Morgan fingerprint density at radius 3 is 2.76 bits per heavy atom. The molecule has 1 atom stereocenters. The minimum absolute atomic E-state index is 0.00687. The summed E-state index contributed by atoms with van der Waals surface area (Å²) in [5.41, 5.74) is 1.07. The molecular formula is C15H22N2O4. The first-order chi connectivity index (χ1) is 9.91. The van der Waals surface area contributed by atoms with Gasteiger partial charge in [-0.05, 0) is 26.2 Å². The van der Waals surface area contributed by atoms with Gasteiger partial charge in [-0.1, -0.05) is 19.0 Å². The van der Waals surface area contributed by atoms with E-state index in [0.717, 1.165) is 19.3 Å². The first-order valence-electron chi connectivity index (χ1n) is 7.40. The van der Waals surface area contributed by atoms with Gasteiger partial charge in [0, 0.05) is 18.5 Å². The third-order valence-electron chi connectivity index (χ3n) is 3.93. The summed E-state index contributed by atoms with van der Waals surface area (Å²) < 4.78 is 5.27. The molecule has 1 amide bonds. The van der Waals surface area contributed by atoms with Crippen LogP contribution in [-0.2, 0) is 4.79 Å². The van der Waals surface area contributed by atoms with E-state index in [1.54, 1.807) is 11.8 Å². The van der Waals surface area contributed by atoms with Gasteiger partial charge in [0.1, 0.15) is 5.56 Å². The number of nitrogens with zero attached hydrogens (tertiary/aromatic N) is 2. The van der Waals surface area contributed by atoms with E-state index in [0.29, 0.717) is 23.6 Å². The van der Waals surface area contributed by atoms with Crippen molar-refractivity contribution < 1.29 is 19.2 Å². The van der Waals surface area contributed by atoms with Gasteiger partial charge in [0.05, 0.1) is 12.1 Å². The van der Waals surface area contributed by atoms with Gasteiger partial charge in [0.25, 0.3) is 5.91 Å². The molecule has 1 N–H and O–H groups in total. The van der Waals surface area contributed by atoms with Crippen LogP contribution in [-0.4, -0.2) is 39.6 Å². The van der Waals surface area contributed by atoms with Crippen molar-refractivity contribution in [1.82, 2.24) is 10.1 Å². The second-order valence-electron chi connectivity index (χ2n) is 5.91. The zero-order valence-electron chi connectivity index (χ0n) is 12.8. The lowest BCUT2D eigenvalue weighted by Crippen LogP contribution is -2.45. The van der Waals surface area contributed by atoms with E-state index in [2.05, 4.69) is 5.16 Å². The van der Waals surface area contributed by atoms with Gasteiger partial charge in [-0.2, -0.15) is 0 Å². The Morgan fingerprint density at radius 1 is 1.43 bits per heavy atom. The zero-order chi connectivity index (χ0) is 15.6. The van der Waals surface area contributed by atoms with Gasteiger partial charge in [0.15, 0.2) is 5.76 Å². The van der Waals surface area contributed by atoms with Gasteiger partial charge in [0.2, 0.25) is 0 Å². The molecule has 1 aliphatic heterocycles. The molecule has 0 bridgehead atoms. The maximum Gasteiger partial charge on any atom is 0.305 e. The number of hydrogen-bond donors (Lipinski definition) is 1. The fourth-order valence-corrected chi connectivity index (χ4v) is 2.87. The lowest BCUT2D eigenvalue weighted by atomic mass is 9.96.